The van der Waals surface area contributed by atoms with E-state index in [0.29, 0.717) is 11.1 Å². The third kappa shape index (κ3) is 2.34. The summed E-state index contributed by atoms with van der Waals surface area (Å²) in [6.45, 7) is 0. The lowest BCUT2D eigenvalue weighted by molar-refractivity contribution is 0.0693. The van der Waals surface area contributed by atoms with Crippen molar-refractivity contribution in [2.75, 3.05) is 7.05 Å². The number of carbonyl (C=O) groups excluding carboxylic acids is 2. The second kappa shape index (κ2) is 6.37. The molecule has 0 unspecified atom stereocenters. The minimum absolute atomic E-state index is 0.264. The van der Waals surface area contributed by atoms with E-state index < -0.39 is 0 Å². The first-order chi connectivity index (χ1) is 15.2. The Kier molecular flexibility index (Phi) is 3.62. The van der Waals surface area contributed by atoms with Crippen molar-refractivity contribution in [2.24, 2.45) is 0 Å². The van der Waals surface area contributed by atoms with Gasteiger partial charge in [-0.1, -0.05) is 36.4 Å². The van der Waals surface area contributed by atoms with E-state index in [1.165, 1.54) is 11.9 Å². The zero-order chi connectivity index (χ0) is 21.1. The molecule has 148 valence electrons. The van der Waals surface area contributed by atoms with Gasteiger partial charge in [0.2, 0.25) is 0 Å². The van der Waals surface area contributed by atoms with Crippen LogP contribution >= 0.6 is 0 Å². The van der Waals surface area contributed by atoms with Crippen LogP contribution < -0.4 is 0 Å². The largest absolute Gasteiger partial charge is 0.308 e. The molecular formula is C26H17N3O2. The minimum atomic E-state index is -0.271. The quantitative estimate of drug-likeness (QED) is 0.387. The SMILES string of the molecule is CN1C(=O)c2cccc(-n3c4ccccc4c4c(-c5ccncc5)cccc43)c2C1=O. The summed E-state index contributed by atoms with van der Waals surface area (Å²) < 4.78 is 2.10. The summed E-state index contributed by atoms with van der Waals surface area (Å²) in [5.74, 6) is -0.535. The summed E-state index contributed by atoms with van der Waals surface area (Å²) >= 11 is 0. The first-order valence-electron chi connectivity index (χ1n) is 10.0. The summed E-state index contributed by atoms with van der Waals surface area (Å²) in [5.41, 5.74) is 5.77. The molecule has 0 saturated carbocycles. The molecule has 1 aliphatic rings. The first-order valence-corrected chi connectivity index (χ1v) is 10.0. The van der Waals surface area contributed by atoms with Crippen LogP contribution in [0, 0.1) is 0 Å². The van der Waals surface area contributed by atoms with E-state index in [1.54, 1.807) is 18.5 Å². The molecule has 0 saturated heterocycles. The second-order valence-corrected chi connectivity index (χ2v) is 7.66. The van der Waals surface area contributed by atoms with E-state index in [-0.39, 0.29) is 11.8 Å². The minimum Gasteiger partial charge on any atom is -0.308 e. The van der Waals surface area contributed by atoms with Gasteiger partial charge in [0.05, 0.1) is 27.8 Å². The summed E-state index contributed by atoms with van der Waals surface area (Å²) in [5, 5.41) is 2.19. The van der Waals surface area contributed by atoms with Crippen molar-refractivity contribution in [3.8, 4) is 16.8 Å². The number of para-hydroxylation sites is 1. The number of hydrogen-bond acceptors (Lipinski definition) is 3. The number of imide groups is 1. The fourth-order valence-electron chi connectivity index (χ4n) is 4.62. The number of amides is 2. The average Bonchev–Trinajstić information content (AvgIpc) is 3.27. The number of aromatic nitrogens is 2. The van der Waals surface area contributed by atoms with Crippen LogP contribution in [0.25, 0.3) is 38.6 Å². The number of hydrogen-bond donors (Lipinski definition) is 0. The number of carbonyl (C=O) groups is 2. The normalized spacial score (nSPS) is 13.4. The van der Waals surface area contributed by atoms with Crippen molar-refractivity contribution < 1.29 is 9.59 Å². The Bertz CT molecular complexity index is 1530. The molecule has 2 amide bonds. The van der Waals surface area contributed by atoms with Crippen molar-refractivity contribution in [1.29, 1.82) is 0 Å². The van der Waals surface area contributed by atoms with Crippen LogP contribution in [-0.2, 0) is 0 Å². The number of rotatable bonds is 2. The Hall–Kier alpha value is -4.25. The zero-order valence-electron chi connectivity index (χ0n) is 16.7. The van der Waals surface area contributed by atoms with E-state index in [1.807, 2.05) is 42.5 Å². The van der Waals surface area contributed by atoms with Gasteiger partial charge in [-0.3, -0.25) is 19.5 Å². The molecule has 6 rings (SSSR count). The molecule has 0 bridgehead atoms. The third-order valence-electron chi connectivity index (χ3n) is 6.03. The van der Waals surface area contributed by atoms with Gasteiger partial charge in [0.15, 0.2) is 0 Å². The highest BCUT2D eigenvalue weighted by molar-refractivity contribution is 6.24. The van der Waals surface area contributed by atoms with Crippen molar-refractivity contribution in [3.63, 3.8) is 0 Å². The van der Waals surface area contributed by atoms with Crippen molar-refractivity contribution >= 4 is 33.6 Å². The van der Waals surface area contributed by atoms with Crippen molar-refractivity contribution in [3.05, 3.63) is 96.3 Å². The molecule has 0 spiro atoms. The van der Waals surface area contributed by atoms with Gasteiger partial charge in [-0.25, -0.2) is 0 Å². The fraction of sp³-hybridized carbons (Fsp3) is 0.0385. The standard InChI is InChI=1S/C26H17N3O2/c1-28-25(30)19-8-5-11-22(24(19)26(28)31)29-20-9-3-2-6-18(20)23-17(7-4-10-21(23)29)16-12-14-27-15-13-16/h2-15H,1H3. The number of pyridine rings is 1. The molecule has 1 aliphatic heterocycles. The molecule has 5 heteroatoms. The van der Waals surface area contributed by atoms with Gasteiger partial charge < -0.3 is 4.57 Å². The monoisotopic (exact) mass is 403 g/mol. The van der Waals surface area contributed by atoms with Crippen LogP contribution in [0.2, 0.25) is 0 Å². The van der Waals surface area contributed by atoms with Gasteiger partial charge in [0.25, 0.3) is 11.8 Å². The summed E-state index contributed by atoms with van der Waals surface area (Å²) in [7, 11) is 1.53. The van der Waals surface area contributed by atoms with Gasteiger partial charge in [0.1, 0.15) is 0 Å². The van der Waals surface area contributed by atoms with Crippen molar-refractivity contribution in [2.45, 2.75) is 0 Å². The van der Waals surface area contributed by atoms with Gasteiger partial charge in [0, 0.05) is 30.2 Å². The van der Waals surface area contributed by atoms with Crippen LogP contribution in [0.1, 0.15) is 20.7 Å². The van der Waals surface area contributed by atoms with E-state index in [2.05, 4.69) is 33.8 Å². The van der Waals surface area contributed by atoms with E-state index in [9.17, 15) is 9.59 Å². The maximum absolute atomic E-state index is 13.0. The number of nitrogens with zero attached hydrogens (tertiary/aromatic N) is 3. The number of fused-ring (bicyclic) bond motifs is 4. The molecule has 3 aromatic carbocycles. The Morgan fingerprint density at radius 2 is 1.42 bits per heavy atom. The first kappa shape index (κ1) is 17.6. The van der Waals surface area contributed by atoms with Gasteiger partial charge in [-0.15, -0.1) is 0 Å². The predicted molar refractivity (Wildman–Crippen MR) is 120 cm³/mol. The summed E-state index contributed by atoms with van der Waals surface area (Å²) in [4.78, 5) is 30.9. The molecule has 5 nitrogen and oxygen atoms in total. The van der Waals surface area contributed by atoms with Gasteiger partial charge in [-0.05, 0) is 47.5 Å². The predicted octanol–water partition coefficient (Wildman–Crippen LogP) is 5.07. The molecule has 5 aromatic rings. The van der Waals surface area contributed by atoms with Crippen LogP contribution in [0.3, 0.4) is 0 Å². The maximum atomic E-state index is 13.0. The topological polar surface area (TPSA) is 55.2 Å². The molecule has 2 aromatic heterocycles. The smallest absolute Gasteiger partial charge is 0.263 e. The zero-order valence-corrected chi connectivity index (χ0v) is 16.7. The van der Waals surface area contributed by atoms with E-state index >= 15 is 0 Å². The molecule has 0 fully saturated rings. The molecule has 31 heavy (non-hydrogen) atoms. The highest BCUT2D eigenvalue weighted by Gasteiger charge is 2.35. The van der Waals surface area contributed by atoms with Gasteiger partial charge >= 0.3 is 0 Å². The van der Waals surface area contributed by atoms with Crippen LogP contribution in [-0.4, -0.2) is 33.3 Å². The molecule has 0 N–H and O–H groups in total. The highest BCUT2D eigenvalue weighted by atomic mass is 16.2. The van der Waals surface area contributed by atoms with E-state index in [4.69, 9.17) is 0 Å². The maximum Gasteiger partial charge on any atom is 0.263 e. The van der Waals surface area contributed by atoms with Crippen LogP contribution in [0.15, 0.2) is 85.2 Å². The van der Waals surface area contributed by atoms with Crippen LogP contribution in [0.4, 0.5) is 0 Å². The van der Waals surface area contributed by atoms with Gasteiger partial charge in [-0.2, -0.15) is 0 Å². The summed E-state index contributed by atoms with van der Waals surface area (Å²) in [6.07, 6.45) is 3.58. The molecule has 3 heterocycles. The highest BCUT2D eigenvalue weighted by Crippen LogP contribution is 2.40. The molecule has 0 atom stereocenters. The Labute approximate surface area is 178 Å². The lowest BCUT2D eigenvalue weighted by Crippen LogP contribution is -2.24. The van der Waals surface area contributed by atoms with Crippen molar-refractivity contribution in [1.82, 2.24) is 14.5 Å². The fourth-order valence-corrected chi connectivity index (χ4v) is 4.62. The number of benzene rings is 3. The molecule has 0 aliphatic carbocycles. The van der Waals surface area contributed by atoms with Crippen LogP contribution in [0.5, 0.6) is 0 Å². The molecular weight excluding hydrogens is 386 g/mol. The average molecular weight is 403 g/mol. The Morgan fingerprint density at radius 3 is 2.26 bits per heavy atom. The molecule has 0 radical (unpaired) electrons. The third-order valence-corrected chi connectivity index (χ3v) is 6.03. The van der Waals surface area contributed by atoms with E-state index in [0.717, 1.165) is 38.6 Å². The lowest BCUT2D eigenvalue weighted by atomic mass is 10.0. The Morgan fingerprint density at radius 1 is 0.710 bits per heavy atom. The lowest BCUT2D eigenvalue weighted by Gasteiger charge is -2.12. The second-order valence-electron chi connectivity index (χ2n) is 7.66. The summed E-state index contributed by atoms with van der Waals surface area (Å²) in [6, 6.07) is 23.8. The Balaban J connectivity index is 1.77.